The van der Waals surface area contributed by atoms with E-state index in [4.69, 9.17) is 32.7 Å². The Morgan fingerprint density at radius 3 is 2.24 bits per heavy atom. The van der Waals surface area contributed by atoms with Crippen LogP contribution >= 0.6 is 23.2 Å². The highest BCUT2D eigenvalue weighted by Gasteiger charge is 2.17. The molecule has 0 unspecified atom stereocenters. The Hall–Kier alpha value is -1.78. The Bertz CT molecular complexity index is 702. The van der Waals surface area contributed by atoms with Crippen LogP contribution in [0.2, 0.25) is 10.0 Å². The van der Waals surface area contributed by atoms with Crippen LogP contribution in [0.5, 0.6) is 11.5 Å². The summed E-state index contributed by atoms with van der Waals surface area (Å²) in [5, 5.41) is 0.428. The fourth-order valence-electron chi connectivity index (χ4n) is 1.82. The minimum absolute atomic E-state index is 0.0606. The Morgan fingerprint density at radius 1 is 1.00 bits per heavy atom. The van der Waals surface area contributed by atoms with Crippen LogP contribution in [0.15, 0.2) is 30.3 Å². The second kappa shape index (κ2) is 6.33. The summed E-state index contributed by atoms with van der Waals surface area (Å²) in [4.78, 5) is 12.4. The van der Waals surface area contributed by atoms with E-state index in [0.717, 1.165) is 6.07 Å². The normalized spacial score (nSPS) is 10.3. The molecule has 0 N–H and O–H groups in total. The molecule has 0 saturated heterocycles. The molecular weight excluding hydrogens is 318 g/mol. The van der Waals surface area contributed by atoms with E-state index >= 15 is 0 Å². The summed E-state index contributed by atoms with van der Waals surface area (Å²) >= 11 is 12.0. The van der Waals surface area contributed by atoms with Crippen LogP contribution in [0.3, 0.4) is 0 Å². The molecule has 6 heteroatoms. The maximum absolute atomic E-state index is 13.7. The fourth-order valence-corrected chi connectivity index (χ4v) is 2.30. The zero-order valence-corrected chi connectivity index (χ0v) is 12.8. The average Bonchev–Trinajstić information content (AvgIpc) is 2.48. The second-order valence-electron chi connectivity index (χ2n) is 4.15. The Labute approximate surface area is 131 Å². The molecule has 110 valence electrons. The van der Waals surface area contributed by atoms with Crippen molar-refractivity contribution in [1.82, 2.24) is 0 Å². The number of ether oxygens (including phenoxy) is 2. The molecule has 0 radical (unpaired) electrons. The van der Waals surface area contributed by atoms with Crippen molar-refractivity contribution in [2.45, 2.75) is 0 Å². The first-order valence-electron chi connectivity index (χ1n) is 5.89. The van der Waals surface area contributed by atoms with Crippen LogP contribution in [0.25, 0.3) is 0 Å². The van der Waals surface area contributed by atoms with Gasteiger partial charge in [-0.05, 0) is 24.3 Å². The van der Waals surface area contributed by atoms with E-state index < -0.39 is 11.6 Å². The summed E-state index contributed by atoms with van der Waals surface area (Å²) in [6.07, 6.45) is 0. The van der Waals surface area contributed by atoms with E-state index in [1.807, 2.05) is 0 Å². The van der Waals surface area contributed by atoms with Gasteiger partial charge in [0.1, 0.15) is 5.75 Å². The van der Waals surface area contributed by atoms with Crippen molar-refractivity contribution in [2.75, 3.05) is 14.2 Å². The summed E-state index contributed by atoms with van der Waals surface area (Å²) in [6.45, 7) is 0. The van der Waals surface area contributed by atoms with Crippen molar-refractivity contribution in [3.8, 4) is 11.5 Å². The van der Waals surface area contributed by atoms with Gasteiger partial charge in [-0.15, -0.1) is 0 Å². The lowest BCUT2D eigenvalue weighted by Crippen LogP contribution is -2.04. The summed E-state index contributed by atoms with van der Waals surface area (Å²) in [6, 6.07) is 6.76. The molecule has 0 fully saturated rings. The van der Waals surface area contributed by atoms with Gasteiger partial charge in [-0.2, -0.15) is 0 Å². The third-order valence-corrected chi connectivity index (χ3v) is 3.51. The Morgan fingerprint density at radius 2 is 1.67 bits per heavy atom. The number of ketones is 1. The zero-order chi connectivity index (χ0) is 15.6. The average molecular weight is 329 g/mol. The molecule has 0 saturated carbocycles. The fraction of sp³-hybridized carbons (Fsp3) is 0.133. The van der Waals surface area contributed by atoms with Crippen LogP contribution in [0, 0.1) is 5.82 Å². The van der Waals surface area contributed by atoms with Gasteiger partial charge < -0.3 is 9.47 Å². The molecule has 0 atom stereocenters. The highest BCUT2D eigenvalue weighted by Crippen LogP contribution is 2.32. The largest absolute Gasteiger partial charge is 0.495 e. The molecule has 0 aliphatic rings. The van der Waals surface area contributed by atoms with E-state index in [1.54, 1.807) is 0 Å². The zero-order valence-electron chi connectivity index (χ0n) is 11.2. The molecule has 0 bridgehead atoms. The number of methoxy groups -OCH3 is 2. The van der Waals surface area contributed by atoms with Crippen molar-refractivity contribution >= 4 is 29.0 Å². The molecule has 0 aromatic heterocycles. The summed E-state index contributed by atoms with van der Waals surface area (Å²) < 4.78 is 23.5. The molecule has 0 heterocycles. The van der Waals surface area contributed by atoms with Crippen molar-refractivity contribution in [1.29, 1.82) is 0 Å². The third kappa shape index (κ3) is 3.12. The number of hydrogen-bond acceptors (Lipinski definition) is 3. The molecule has 2 aromatic carbocycles. The topological polar surface area (TPSA) is 35.5 Å². The van der Waals surface area contributed by atoms with Crippen LogP contribution < -0.4 is 9.47 Å². The van der Waals surface area contributed by atoms with Crippen LogP contribution in [-0.2, 0) is 0 Å². The van der Waals surface area contributed by atoms with Gasteiger partial charge in [0.25, 0.3) is 0 Å². The van der Waals surface area contributed by atoms with E-state index in [-0.39, 0.29) is 26.9 Å². The molecule has 2 aromatic rings. The predicted molar refractivity (Wildman–Crippen MR) is 79.4 cm³/mol. The van der Waals surface area contributed by atoms with Crippen molar-refractivity contribution in [3.05, 3.63) is 57.3 Å². The van der Waals surface area contributed by atoms with E-state index in [2.05, 4.69) is 0 Å². The van der Waals surface area contributed by atoms with E-state index in [0.29, 0.717) is 5.75 Å². The quantitative estimate of drug-likeness (QED) is 0.781. The lowest BCUT2D eigenvalue weighted by molar-refractivity contribution is 0.103. The molecule has 0 spiro atoms. The van der Waals surface area contributed by atoms with Gasteiger partial charge in [-0.25, -0.2) is 4.39 Å². The number of benzene rings is 2. The summed E-state index contributed by atoms with van der Waals surface area (Å²) in [5.74, 6) is -0.644. The van der Waals surface area contributed by atoms with E-state index in [9.17, 15) is 9.18 Å². The predicted octanol–water partition coefficient (Wildman–Crippen LogP) is 4.38. The van der Waals surface area contributed by atoms with Crippen LogP contribution in [-0.4, -0.2) is 20.0 Å². The number of rotatable bonds is 4. The van der Waals surface area contributed by atoms with Crippen molar-refractivity contribution in [2.24, 2.45) is 0 Å². The molecule has 0 aliphatic heterocycles. The molecule has 0 aliphatic carbocycles. The Kier molecular flexibility index (Phi) is 4.70. The van der Waals surface area contributed by atoms with Gasteiger partial charge in [-0.1, -0.05) is 23.2 Å². The van der Waals surface area contributed by atoms with Gasteiger partial charge in [0.15, 0.2) is 17.3 Å². The third-order valence-electron chi connectivity index (χ3n) is 2.90. The molecule has 3 nitrogen and oxygen atoms in total. The summed E-state index contributed by atoms with van der Waals surface area (Å²) in [7, 11) is 2.79. The van der Waals surface area contributed by atoms with Gasteiger partial charge in [-0.3, -0.25) is 4.79 Å². The number of carbonyl (C=O) groups excluding carboxylic acids is 1. The standard InChI is InChI=1S/C15H11Cl2FO3/c1-20-13-4-3-8(5-12(13)18)15(19)9-6-11(17)14(21-2)7-10(9)16/h3-7H,1-2H3. The highest BCUT2D eigenvalue weighted by molar-refractivity contribution is 6.37. The van der Waals surface area contributed by atoms with Gasteiger partial charge >= 0.3 is 0 Å². The first kappa shape index (κ1) is 15.6. The molecule has 21 heavy (non-hydrogen) atoms. The highest BCUT2D eigenvalue weighted by atomic mass is 35.5. The van der Waals surface area contributed by atoms with Gasteiger partial charge in [0.05, 0.1) is 24.3 Å². The number of halogens is 3. The summed E-state index contributed by atoms with van der Waals surface area (Å²) in [5.41, 5.74) is 0.323. The first-order valence-corrected chi connectivity index (χ1v) is 6.64. The van der Waals surface area contributed by atoms with Crippen molar-refractivity contribution in [3.63, 3.8) is 0 Å². The Balaban J connectivity index is 2.45. The van der Waals surface area contributed by atoms with E-state index in [1.165, 1.54) is 38.5 Å². The minimum atomic E-state index is -0.626. The van der Waals surface area contributed by atoms with Crippen molar-refractivity contribution < 1.29 is 18.7 Å². The second-order valence-corrected chi connectivity index (χ2v) is 4.96. The maximum Gasteiger partial charge on any atom is 0.194 e. The SMILES string of the molecule is COc1ccc(C(=O)c2cc(Cl)c(OC)cc2Cl)cc1F. The number of hydrogen-bond donors (Lipinski definition) is 0. The lowest BCUT2D eigenvalue weighted by Gasteiger charge is -2.09. The molecule has 0 amide bonds. The first-order chi connectivity index (χ1) is 9.97. The lowest BCUT2D eigenvalue weighted by atomic mass is 10.0. The molecular formula is C15H11Cl2FO3. The minimum Gasteiger partial charge on any atom is -0.495 e. The monoisotopic (exact) mass is 328 g/mol. The smallest absolute Gasteiger partial charge is 0.194 e. The van der Waals surface area contributed by atoms with Crippen LogP contribution in [0.4, 0.5) is 4.39 Å². The maximum atomic E-state index is 13.7. The van der Waals surface area contributed by atoms with Crippen LogP contribution in [0.1, 0.15) is 15.9 Å². The molecule has 2 rings (SSSR count). The van der Waals surface area contributed by atoms with Gasteiger partial charge in [0.2, 0.25) is 0 Å². The number of carbonyl (C=O) groups is 1. The van der Waals surface area contributed by atoms with Gasteiger partial charge in [0, 0.05) is 17.2 Å².